The predicted octanol–water partition coefficient (Wildman–Crippen LogP) is 0.504. The van der Waals surface area contributed by atoms with Gasteiger partial charge in [0.05, 0.1) is 6.61 Å². The molecule has 0 spiro atoms. The molecule has 0 radical (unpaired) electrons. The minimum atomic E-state index is -0.984. The number of likely N-dealkylation sites (N-methyl/N-ethyl adjacent to an activating group) is 1. The zero-order chi connectivity index (χ0) is 13.8. The smallest absolute Gasteiger partial charge is 0.332 e. The predicted molar refractivity (Wildman–Crippen MR) is 66.7 cm³/mol. The lowest BCUT2D eigenvalue weighted by molar-refractivity contribution is -0.155. The van der Waals surface area contributed by atoms with Gasteiger partial charge in [-0.3, -0.25) is 4.79 Å². The first kappa shape index (κ1) is 14.3. The first-order valence-electron chi connectivity index (χ1n) is 6.86. The van der Waals surface area contributed by atoms with Gasteiger partial charge < -0.3 is 19.5 Å². The van der Waals surface area contributed by atoms with Crippen LogP contribution in [0.25, 0.3) is 0 Å². The summed E-state index contributed by atoms with van der Waals surface area (Å²) in [5.41, 5.74) is 0. The molecule has 0 bridgehead atoms. The van der Waals surface area contributed by atoms with Crippen LogP contribution in [0, 0.1) is 5.92 Å². The normalized spacial score (nSPS) is 30.5. The molecule has 1 N–H and O–H groups in total. The molecule has 2 aliphatic heterocycles. The second-order valence-electron chi connectivity index (χ2n) is 5.14. The SMILES string of the molecule is CCN(CC1CCOC1)C(=O)C1CCC(C(=O)O)O1. The van der Waals surface area contributed by atoms with Crippen molar-refractivity contribution in [1.29, 1.82) is 0 Å². The Balaban J connectivity index is 1.87. The second-order valence-corrected chi connectivity index (χ2v) is 5.14. The maximum Gasteiger partial charge on any atom is 0.332 e. The van der Waals surface area contributed by atoms with Crippen molar-refractivity contribution in [3.05, 3.63) is 0 Å². The third-order valence-electron chi connectivity index (χ3n) is 3.77. The van der Waals surface area contributed by atoms with E-state index >= 15 is 0 Å². The molecule has 0 aromatic rings. The molecule has 2 rings (SSSR count). The minimum Gasteiger partial charge on any atom is -0.479 e. The van der Waals surface area contributed by atoms with Gasteiger partial charge in [0.15, 0.2) is 6.10 Å². The number of ether oxygens (including phenoxy) is 2. The van der Waals surface area contributed by atoms with Gasteiger partial charge in [0.2, 0.25) is 0 Å². The van der Waals surface area contributed by atoms with E-state index < -0.39 is 18.2 Å². The highest BCUT2D eigenvalue weighted by Gasteiger charge is 2.37. The van der Waals surface area contributed by atoms with Crippen molar-refractivity contribution in [1.82, 2.24) is 4.90 Å². The van der Waals surface area contributed by atoms with Gasteiger partial charge in [-0.25, -0.2) is 4.79 Å². The lowest BCUT2D eigenvalue weighted by Crippen LogP contribution is -2.42. The van der Waals surface area contributed by atoms with Crippen LogP contribution in [-0.4, -0.2) is 60.4 Å². The fourth-order valence-electron chi connectivity index (χ4n) is 2.62. The summed E-state index contributed by atoms with van der Waals surface area (Å²) in [6, 6.07) is 0. The average molecular weight is 271 g/mol. The molecule has 6 heteroatoms. The third kappa shape index (κ3) is 3.45. The first-order valence-corrected chi connectivity index (χ1v) is 6.86. The Labute approximate surface area is 112 Å². The molecule has 2 heterocycles. The Morgan fingerprint density at radius 3 is 2.53 bits per heavy atom. The van der Waals surface area contributed by atoms with E-state index in [1.807, 2.05) is 6.92 Å². The number of aliphatic carboxylic acids is 1. The molecule has 6 nitrogen and oxygen atoms in total. The zero-order valence-corrected chi connectivity index (χ0v) is 11.2. The molecule has 0 aromatic carbocycles. The number of carbonyl (C=O) groups is 2. The van der Waals surface area contributed by atoms with E-state index in [4.69, 9.17) is 14.6 Å². The van der Waals surface area contributed by atoms with E-state index in [1.165, 1.54) is 0 Å². The van der Waals surface area contributed by atoms with Crippen LogP contribution in [0.15, 0.2) is 0 Å². The summed E-state index contributed by atoms with van der Waals surface area (Å²) in [5.74, 6) is -0.679. The van der Waals surface area contributed by atoms with E-state index in [1.54, 1.807) is 4.90 Å². The summed E-state index contributed by atoms with van der Waals surface area (Å²) in [7, 11) is 0. The largest absolute Gasteiger partial charge is 0.479 e. The van der Waals surface area contributed by atoms with Crippen molar-refractivity contribution in [3.8, 4) is 0 Å². The van der Waals surface area contributed by atoms with Crippen LogP contribution in [0.2, 0.25) is 0 Å². The van der Waals surface area contributed by atoms with Gasteiger partial charge in [0.1, 0.15) is 6.10 Å². The third-order valence-corrected chi connectivity index (χ3v) is 3.77. The van der Waals surface area contributed by atoms with Gasteiger partial charge in [-0.15, -0.1) is 0 Å². The topological polar surface area (TPSA) is 76.1 Å². The second kappa shape index (κ2) is 6.34. The molecule has 2 fully saturated rings. The van der Waals surface area contributed by atoms with Crippen LogP contribution >= 0.6 is 0 Å². The van der Waals surface area contributed by atoms with Crippen molar-refractivity contribution in [2.24, 2.45) is 5.92 Å². The van der Waals surface area contributed by atoms with Crippen LogP contribution in [0.4, 0.5) is 0 Å². The molecule has 0 aromatic heterocycles. The molecular formula is C13H21NO5. The van der Waals surface area contributed by atoms with Crippen molar-refractivity contribution >= 4 is 11.9 Å². The van der Waals surface area contributed by atoms with Crippen molar-refractivity contribution in [2.45, 2.75) is 38.4 Å². The van der Waals surface area contributed by atoms with Crippen LogP contribution in [0.1, 0.15) is 26.2 Å². The number of carbonyl (C=O) groups excluding carboxylic acids is 1. The summed E-state index contributed by atoms with van der Waals surface area (Å²) in [4.78, 5) is 24.9. The van der Waals surface area contributed by atoms with Crippen molar-refractivity contribution in [3.63, 3.8) is 0 Å². The van der Waals surface area contributed by atoms with Crippen molar-refractivity contribution < 1.29 is 24.2 Å². The standard InChI is InChI=1S/C13H21NO5/c1-2-14(7-9-5-6-18-8-9)12(15)10-3-4-11(19-10)13(16)17/h9-11H,2-8H2,1H3,(H,16,17). The van der Waals surface area contributed by atoms with Crippen LogP contribution in [0.3, 0.4) is 0 Å². The van der Waals surface area contributed by atoms with E-state index in [0.29, 0.717) is 38.5 Å². The fourth-order valence-corrected chi connectivity index (χ4v) is 2.62. The maximum atomic E-state index is 12.3. The first-order chi connectivity index (χ1) is 9.11. The lowest BCUT2D eigenvalue weighted by atomic mass is 10.1. The van der Waals surface area contributed by atoms with E-state index in [0.717, 1.165) is 13.0 Å². The Bertz CT molecular complexity index is 340. The molecule has 1 amide bonds. The quantitative estimate of drug-likeness (QED) is 0.788. The molecule has 3 atom stereocenters. The highest BCUT2D eigenvalue weighted by molar-refractivity contribution is 5.82. The van der Waals surface area contributed by atoms with Crippen LogP contribution < -0.4 is 0 Å². The molecule has 2 aliphatic rings. The Morgan fingerprint density at radius 2 is 2.00 bits per heavy atom. The number of carboxylic acids is 1. The molecule has 0 saturated carbocycles. The Hall–Kier alpha value is -1.14. The number of hydrogen-bond donors (Lipinski definition) is 1. The van der Waals surface area contributed by atoms with Gasteiger partial charge in [0.25, 0.3) is 5.91 Å². The number of nitrogens with zero attached hydrogens (tertiary/aromatic N) is 1. The summed E-state index contributed by atoms with van der Waals surface area (Å²) in [5, 5.41) is 8.87. The summed E-state index contributed by atoms with van der Waals surface area (Å²) < 4.78 is 10.6. The summed E-state index contributed by atoms with van der Waals surface area (Å²) >= 11 is 0. The van der Waals surface area contributed by atoms with E-state index in [2.05, 4.69) is 0 Å². The minimum absolute atomic E-state index is 0.0850. The van der Waals surface area contributed by atoms with E-state index in [9.17, 15) is 9.59 Å². The van der Waals surface area contributed by atoms with Crippen LogP contribution in [0.5, 0.6) is 0 Å². The Morgan fingerprint density at radius 1 is 1.26 bits per heavy atom. The van der Waals surface area contributed by atoms with Crippen molar-refractivity contribution in [2.75, 3.05) is 26.3 Å². The van der Waals surface area contributed by atoms with Gasteiger partial charge in [-0.05, 0) is 26.2 Å². The molecule has 19 heavy (non-hydrogen) atoms. The number of carboxylic acid groups (broad SMARTS) is 1. The monoisotopic (exact) mass is 271 g/mol. The molecule has 108 valence electrons. The molecular weight excluding hydrogens is 250 g/mol. The zero-order valence-electron chi connectivity index (χ0n) is 11.2. The number of hydrogen-bond acceptors (Lipinski definition) is 4. The maximum absolute atomic E-state index is 12.3. The number of rotatable bonds is 5. The highest BCUT2D eigenvalue weighted by Crippen LogP contribution is 2.23. The van der Waals surface area contributed by atoms with Gasteiger partial charge in [0, 0.05) is 25.6 Å². The Kier molecular flexibility index (Phi) is 4.76. The molecule has 2 saturated heterocycles. The van der Waals surface area contributed by atoms with E-state index in [-0.39, 0.29) is 5.91 Å². The van der Waals surface area contributed by atoms with Gasteiger partial charge in [-0.2, -0.15) is 0 Å². The number of amides is 1. The lowest BCUT2D eigenvalue weighted by Gasteiger charge is -2.26. The average Bonchev–Trinajstić information content (AvgIpc) is 3.06. The summed E-state index contributed by atoms with van der Waals surface area (Å²) in [6.07, 6.45) is 0.460. The molecule has 0 aliphatic carbocycles. The highest BCUT2D eigenvalue weighted by atomic mass is 16.5. The summed E-state index contributed by atoms with van der Waals surface area (Å²) in [6.45, 7) is 4.68. The van der Waals surface area contributed by atoms with Crippen LogP contribution in [-0.2, 0) is 19.1 Å². The fraction of sp³-hybridized carbons (Fsp3) is 0.846. The van der Waals surface area contributed by atoms with Gasteiger partial charge in [-0.1, -0.05) is 0 Å². The molecule has 3 unspecified atom stereocenters. The van der Waals surface area contributed by atoms with Gasteiger partial charge >= 0.3 is 5.97 Å².